The molecule has 2 aliphatic rings. The number of amides is 1. The summed E-state index contributed by atoms with van der Waals surface area (Å²) in [6, 6.07) is 13.7. The fraction of sp³-hybridized carbons (Fsp3) is 0.463. The molecule has 0 aromatic heterocycles. The van der Waals surface area contributed by atoms with Crippen LogP contribution in [0.3, 0.4) is 0 Å². The quantitative estimate of drug-likeness (QED) is 0.0742. The third-order valence-corrected chi connectivity index (χ3v) is 11.5. The number of hydrogen-bond donors (Lipinski definition) is 1. The molecule has 2 aliphatic heterocycles. The molecule has 14 heteroatoms. The summed E-state index contributed by atoms with van der Waals surface area (Å²) >= 11 is 0. The summed E-state index contributed by atoms with van der Waals surface area (Å²) in [5, 5.41) is 2.90. The van der Waals surface area contributed by atoms with Crippen molar-refractivity contribution in [3.05, 3.63) is 107 Å². The second-order valence-electron chi connectivity index (χ2n) is 14.7. The number of para-hydroxylation sites is 1. The minimum Gasteiger partial charge on any atom is -0.748 e. The smallest absolute Gasteiger partial charge is 0.251 e. The Bertz CT molecular complexity index is 2050. The Morgan fingerprint density at radius 1 is 0.818 bits per heavy atom. The first-order valence-corrected chi connectivity index (χ1v) is 21.7. The summed E-state index contributed by atoms with van der Waals surface area (Å²) in [5.74, 6) is -1.01. The standard InChI is InChI=1S/C41H55N3O9S2/c1-40(2)33-17-11-12-18-35(33)43(24-13-15-29-54(46,47)48)37(40)19-9-7-6-8-10-20-38-41(3,4)34-31-32(39(45)42-23-26-53-28-27-52-5)21-22-36(34)44(38)25-14-16-30-55(49,50)51/h6-12,17-22,31H,13-16,23-30H2,1-5H3,(H2-,42,45,46,47,48,49,50,51)/p-1. The van der Waals surface area contributed by atoms with Gasteiger partial charge >= 0.3 is 0 Å². The van der Waals surface area contributed by atoms with Crippen LogP contribution in [0.25, 0.3) is 0 Å². The molecule has 300 valence electrons. The lowest BCUT2D eigenvalue weighted by atomic mass is 9.81. The van der Waals surface area contributed by atoms with E-state index in [0.717, 1.165) is 28.3 Å². The number of ether oxygens (including phenoxy) is 2. The van der Waals surface area contributed by atoms with Gasteiger partial charge in [-0.1, -0.05) is 62.4 Å². The fourth-order valence-corrected chi connectivity index (χ4v) is 8.22. The van der Waals surface area contributed by atoms with Gasteiger partial charge in [0.1, 0.15) is 6.54 Å². The van der Waals surface area contributed by atoms with Crippen LogP contribution in [0.4, 0.5) is 11.4 Å². The maximum atomic E-state index is 13.0. The number of nitrogens with zero attached hydrogens (tertiary/aromatic N) is 2. The topological polar surface area (TPSA) is 168 Å². The number of hydrogen-bond acceptors (Lipinski definition) is 10. The van der Waals surface area contributed by atoms with Crippen molar-refractivity contribution >= 4 is 43.2 Å². The third kappa shape index (κ3) is 12.0. The van der Waals surface area contributed by atoms with Crippen LogP contribution < -0.4 is 10.2 Å². The van der Waals surface area contributed by atoms with Crippen LogP contribution in [-0.2, 0) is 40.5 Å². The predicted molar refractivity (Wildman–Crippen MR) is 214 cm³/mol. The molecule has 0 bridgehead atoms. The number of nitrogens with one attached hydrogen (secondary N) is 1. The van der Waals surface area contributed by atoms with Gasteiger partial charge < -0.3 is 28.8 Å². The Morgan fingerprint density at radius 2 is 1.49 bits per heavy atom. The molecule has 55 heavy (non-hydrogen) atoms. The summed E-state index contributed by atoms with van der Waals surface area (Å²) in [6.07, 6.45) is 15.4. The average molecular weight is 797 g/mol. The molecule has 0 radical (unpaired) electrons. The van der Waals surface area contributed by atoms with E-state index in [2.05, 4.69) is 60.7 Å². The summed E-state index contributed by atoms with van der Waals surface area (Å²) < 4.78 is 79.8. The molecule has 0 unspecified atom stereocenters. The van der Waals surface area contributed by atoms with Gasteiger partial charge in [-0.05, 0) is 62.9 Å². The summed E-state index contributed by atoms with van der Waals surface area (Å²) in [5.41, 5.74) is 5.92. The van der Waals surface area contributed by atoms with Crippen LogP contribution in [0.15, 0.2) is 90.7 Å². The molecule has 2 heterocycles. The molecule has 12 nitrogen and oxygen atoms in total. The second-order valence-corrected chi connectivity index (χ2v) is 17.7. The van der Waals surface area contributed by atoms with Crippen molar-refractivity contribution in [1.82, 2.24) is 5.32 Å². The number of carbonyl (C=O) groups excluding carboxylic acids is 1. The van der Waals surface area contributed by atoms with Crippen molar-refractivity contribution in [2.45, 2.75) is 64.2 Å². The number of fused-ring (bicyclic) bond motifs is 2. The monoisotopic (exact) mass is 796 g/mol. The summed E-state index contributed by atoms with van der Waals surface area (Å²) in [7, 11) is -6.97. The molecule has 1 amide bonds. The van der Waals surface area contributed by atoms with Crippen LogP contribution in [-0.4, -0.2) is 100 Å². The van der Waals surface area contributed by atoms with Crippen molar-refractivity contribution in [2.75, 3.05) is 63.0 Å². The minimum atomic E-state index is -4.31. The van der Waals surface area contributed by atoms with Gasteiger partial charge in [-0.3, -0.25) is 4.79 Å². The number of benzene rings is 2. The lowest BCUT2D eigenvalue weighted by Gasteiger charge is -2.27. The highest BCUT2D eigenvalue weighted by atomic mass is 32.2. The van der Waals surface area contributed by atoms with Crippen molar-refractivity contribution in [3.63, 3.8) is 0 Å². The van der Waals surface area contributed by atoms with E-state index < -0.39 is 31.4 Å². The molecular weight excluding hydrogens is 743 g/mol. The average Bonchev–Trinajstić information content (AvgIpc) is 3.46. The van der Waals surface area contributed by atoms with E-state index in [1.165, 1.54) is 5.56 Å². The highest BCUT2D eigenvalue weighted by molar-refractivity contribution is 7.85. The zero-order valence-electron chi connectivity index (χ0n) is 32.5. The van der Waals surface area contributed by atoms with Gasteiger partial charge in [0.15, 0.2) is 5.71 Å². The van der Waals surface area contributed by atoms with Gasteiger partial charge in [-0.2, -0.15) is 4.58 Å². The third-order valence-electron chi connectivity index (χ3n) is 9.92. The molecular formula is C41H54N3O9S2-. The molecule has 0 saturated carbocycles. The number of methoxy groups -OCH3 is 1. The zero-order chi connectivity index (χ0) is 40.3. The van der Waals surface area contributed by atoms with Crippen molar-refractivity contribution in [2.24, 2.45) is 0 Å². The Morgan fingerprint density at radius 3 is 2.20 bits per heavy atom. The number of carbonyl (C=O) groups is 1. The molecule has 2 aromatic rings. The van der Waals surface area contributed by atoms with E-state index in [-0.39, 0.29) is 23.5 Å². The Hall–Kier alpha value is -3.92. The second kappa shape index (κ2) is 19.3. The first-order valence-electron chi connectivity index (χ1n) is 18.6. The number of allylic oxidation sites excluding steroid dienone is 8. The molecule has 0 atom stereocenters. The zero-order valence-corrected chi connectivity index (χ0v) is 34.1. The minimum absolute atomic E-state index is 0.211. The highest BCUT2D eigenvalue weighted by Gasteiger charge is 2.44. The van der Waals surface area contributed by atoms with E-state index in [1.54, 1.807) is 13.2 Å². The molecule has 2 aromatic carbocycles. The first kappa shape index (κ1) is 43.8. The van der Waals surface area contributed by atoms with Crippen molar-refractivity contribution < 1.29 is 44.8 Å². The van der Waals surface area contributed by atoms with E-state index >= 15 is 0 Å². The maximum Gasteiger partial charge on any atom is 0.251 e. The largest absolute Gasteiger partial charge is 0.748 e. The first-order chi connectivity index (χ1) is 26.0. The maximum absolute atomic E-state index is 13.0. The lowest BCUT2D eigenvalue weighted by Crippen LogP contribution is -2.28. The molecule has 4 rings (SSSR count). The highest BCUT2D eigenvalue weighted by Crippen LogP contribution is 2.48. The van der Waals surface area contributed by atoms with Crippen LogP contribution in [0.2, 0.25) is 0 Å². The Labute approximate surface area is 326 Å². The van der Waals surface area contributed by atoms with Crippen LogP contribution in [0, 0.1) is 0 Å². The molecule has 0 aliphatic carbocycles. The summed E-state index contributed by atoms with van der Waals surface area (Å²) in [4.78, 5) is 15.2. The fourth-order valence-electron chi connectivity index (χ4n) is 7.11. The van der Waals surface area contributed by atoms with Gasteiger partial charge in [0.2, 0.25) is 5.69 Å². The van der Waals surface area contributed by atoms with E-state index in [0.29, 0.717) is 64.3 Å². The Kier molecular flexibility index (Phi) is 15.4. The summed E-state index contributed by atoms with van der Waals surface area (Å²) in [6.45, 7) is 11.2. The number of unbranched alkanes of at least 4 members (excludes halogenated alkanes) is 2. The van der Waals surface area contributed by atoms with Crippen LogP contribution in [0.5, 0.6) is 0 Å². The lowest BCUT2D eigenvalue weighted by molar-refractivity contribution is -0.438. The number of rotatable bonds is 21. The number of anilines is 1. The SMILES string of the molecule is COCCOCCNC(=O)c1ccc2c(c1)C(C)(C)C(=CC=CC=CC=CC1=[N+](CCCCS(=O)(=O)[O-])c3ccccc3C1(C)C)N2CCCCS(=O)(=O)[O-]. The predicted octanol–water partition coefficient (Wildman–Crippen LogP) is 5.46. The van der Waals surface area contributed by atoms with E-state index in [4.69, 9.17) is 9.47 Å². The molecule has 0 spiro atoms. The van der Waals surface area contributed by atoms with E-state index in [1.807, 2.05) is 60.7 Å². The van der Waals surface area contributed by atoms with Gasteiger partial charge in [-0.15, -0.1) is 0 Å². The van der Waals surface area contributed by atoms with Gasteiger partial charge in [0.05, 0.1) is 45.5 Å². The normalized spacial score (nSPS) is 17.3. The van der Waals surface area contributed by atoms with Gasteiger partial charge in [0, 0.05) is 78.2 Å². The van der Waals surface area contributed by atoms with Gasteiger partial charge in [-0.25, -0.2) is 16.8 Å². The Balaban J connectivity index is 1.52. The molecule has 0 fully saturated rings. The van der Waals surface area contributed by atoms with Crippen LogP contribution in [0.1, 0.15) is 74.9 Å². The van der Waals surface area contributed by atoms with Crippen molar-refractivity contribution in [1.29, 1.82) is 0 Å². The van der Waals surface area contributed by atoms with Gasteiger partial charge in [0.25, 0.3) is 5.91 Å². The molecule has 1 N–H and O–H groups in total. The van der Waals surface area contributed by atoms with Crippen molar-refractivity contribution in [3.8, 4) is 0 Å². The van der Waals surface area contributed by atoms with E-state index in [9.17, 15) is 30.7 Å². The molecule has 0 saturated heterocycles. The van der Waals surface area contributed by atoms with Crippen LogP contribution >= 0.6 is 0 Å².